The van der Waals surface area contributed by atoms with E-state index in [0.29, 0.717) is 17.9 Å². The van der Waals surface area contributed by atoms with Crippen molar-refractivity contribution in [1.29, 1.82) is 0 Å². The van der Waals surface area contributed by atoms with Crippen LogP contribution in [0.5, 0.6) is 0 Å². The Bertz CT molecular complexity index is 768. The molecular weight excluding hydrogens is 320 g/mol. The Hall–Kier alpha value is -2.15. The number of rotatable bonds is 3. The fourth-order valence-electron chi connectivity index (χ4n) is 2.39. The molecule has 1 aliphatic rings. The van der Waals surface area contributed by atoms with E-state index in [0.717, 1.165) is 6.29 Å². The third kappa shape index (κ3) is 3.01. The van der Waals surface area contributed by atoms with Crippen molar-refractivity contribution in [3.05, 3.63) is 23.5 Å². The first-order chi connectivity index (χ1) is 10.8. The first kappa shape index (κ1) is 15.7. The Morgan fingerprint density at radius 3 is 2.87 bits per heavy atom. The molecule has 2 aromatic rings. The van der Waals surface area contributed by atoms with E-state index in [4.69, 9.17) is 16.3 Å². The molecule has 3 rings (SSSR count). The maximum Gasteiger partial charge on any atom is 0.416 e. The molecular formula is C15H17ClN4O3. The molecule has 0 N–H and O–H groups in total. The van der Waals surface area contributed by atoms with Gasteiger partial charge < -0.3 is 9.53 Å². The van der Waals surface area contributed by atoms with Gasteiger partial charge in [-0.25, -0.2) is 9.78 Å². The van der Waals surface area contributed by atoms with Crippen molar-refractivity contribution in [3.8, 4) is 0 Å². The van der Waals surface area contributed by atoms with Crippen LogP contribution in [-0.2, 0) is 9.53 Å². The molecule has 0 radical (unpaired) electrons. The van der Waals surface area contributed by atoms with Gasteiger partial charge in [0.05, 0.1) is 12.1 Å². The SMILES string of the molecule is CC(C)(C)N(C(=O)OC1CC1C=O)c1cc(Cl)nc2ccnn12. The van der Waals surface area contributed by atoms with Crippen LogP contribution in [0.4, 0.5) is 10.6 Å². The van der Waals surface area contributed by atoms with Crippen LogP contribution in [0.2, 0.25) is 5.15 Å². The van der Waals surface area contributed by atoms with Crippen LogP contribution in [0.3, 0.4) is 0 Å². The van der Waals surface area contributed by atoms with Gasteiger partial charge in [0.25, 0.3) is 0 Å². The number of anilines is 1. The zero-order valence-electron chi connectivity index (χ0n) is 13.1. The number of halogens is 1. The average Bonchev–Trinajstić information content (AvgIpc) is 3.01. The lowest BCUT2D eigenvalue weighted by atomic mass is 10.1. The van der Waals surface area contributed by atoms with E-state index in [-0.39, 0.29) is 17.2 Å². The Morgan fingerprint density at radius 1 is 1.52 bits per heavy atom. The maximum atomic E-state index is 12.7. The van der Waals surface area contributed by atoms with Gasteiger partial charge in [-0.05, 0) is 27.2 Å². The molecule has 1 saturated carbocycles. The monoisotopic (exact) mass is 336 g/mol. The highest BCUT2D eigenvalue weighted by Gasteiger charge is 2.43. The smallest absolute Gasteiger partial charge is 0.416 e. The summed E-state index contributed by atoms with van der Waals surface area (Å²) in [4.78, 5) is 29.0. The van der Waals surface area contributed by atoms with Crippen molar-refractivity contribution in [2.75, 3.05) is 4.90 Å². The summed E-state index contributed by atoms with van der Waals surface area (Å²) in [5.74, 6) is 0.261. The highest BCUT2D eigenvalue weighted by atomic mass is 35.5. The fraction of sp³-hybridized carbons (Fsp3) is 0.467. The van der Waals surface area contributed by atoms with Crippen molar-refractivity contribution in [1.82, 2.24) is 14.6 Å². The van der Waals surface area contributed by atoms with Crippen LogP contribution < -0.4 is 4.90 Å². The minimum Gasteiger partial charge on any atom is -0.445 e. The van der Waals surface area contributed by atoms with Crippen molar-refractivity contribution in [2.24, 2.45) is 5.92 Å². The summed E-state index contributed by atoms with van der Waals surface area (Å²) in [6, 6.07) is 3.27. The molecule has 2 unspecified atom stereocenters. The molecule has 23 heavy (non-hydrogen) atoms. The highest BCUT2D eigenvalue weighted by Crippen LogP contribution is 2.34. The van der Waals surface area contributed by atoms with Crippen LogP contribution in [0.1, 0.15) is 27.2 Å². The summed E-state index contributed by atoms with van der Waals surface area (Å²) < 4.78 is 6.95. The molecule has 0 aliphatic heterocycles. The standard InChI is InChI=1S/C15H17ClN4O3/c1-15(2,3)19(14(22)23-10-6-9(10)8-21)13-7-11(16)18-12-4-5-17-20(12)13/h4-5,7-10H,6H2,1-3H3. The van der Waals surface area contributed by atoms with Gasteiger partial charge in [-0.2, -0.15) is 9.61 Å². The van der Waals surface area contributed by atoms with Gasteiger partial charge in [-0.1, -0.05) is 11.6 Å². The van der Waals surface area contributed by atoms with E-state index in [9.17, 15) is 9.59 Å². The van der Waals surface area contributed by atoms with E-state index in [2.05, 4.69) is 10.1 Å². The summed E-state index contributed by atoms with van der Waals surface area (Å²) in [5.41, 5.74) is -0.0432. The molecule has 2 heterocycles. The molecule has 0 saturated heterocycles. The second kappa shape index (κ2) is 5.49. The minimum atomic E-state index is -0.577. The quantitative estimate of drug-likeness (QED) is 0.636. The zero-order chi connectivity index (χ0) is 16.8. The van der Waals surface area contributed by atoms with E-state index >= 15 is 0 Å². The number of fused-ring (bicyclic) bond motifs is 1. The molecule has 1 amide bonds. The van der Waals surface area contributed by atoms with Gasteiger partial charge in [-0.3, -0.25) is 4.90 Å². The van der Waals surface area contributed by atoms with Crippen LogP contribution in [-0.4, -0.2) is 38.6 Å². The Morgan fingerprint density at radius 2 is 2.26 bits per heavy atom. The number of hydrogen-bond acceptors (Lipinski definition) is 5. The highest BCUT2D eigenvalue weighted by molar-refractivity contribution is 6.29. The Balaban J connectivity index is 2.00. The fourth-order valence-corrected chi connectivity index (χ4v) is 2.57. The van der Waals surface area contributed by atoms with E-state index in [1.54, 1.807) is 18.3 Å². The van der Waals surface area contributed by atoms with Crippen molar-refractivity contribution >= 4 is 35.4 Å². The molecule has 1 fully saturated rings. The lowest BCUT2D eigenvalue weighted by Gasteiger charge is -2.34. The van der Waals surface area contributed by atoms with E-state index in [1.807, 2.05) is 20.8 Å². The number of aromatic nitrogens is 3. The van der Waals surface area contributed by atoms with Gasteiger partial charge in [0.1, 0.15) is 23.4 Å². The number of hydrogen-bond donors (Lipinski definition) is 0. The van der Waals surface area contributed by atoms with E-state index in [1.165, 1.54) is 9.42 Å². The number of aldehydes is 1. The zero-order valence-corrected chi connectivity index (χ0v) is 13.8. The number of ether oxygens (including phenoxy) is 1. The molecule has 2 atom stereocenters. The molecule has 122 valence electrons. The topological polar surface area (TPSA) is 76.8 Å². The van der Waals surface area contributed by atoms with E-state index < -0.39 is 11.6 Å². The largest absolute Gasteiger partial charge is 0.445 e. The lowest BCUT2D eigenvalue weighted by Crippen LogP contribution is -2.47. The number of amides is 1. The van der Waals surface area contributed by atoms with Gasteiger partial charge >= 0.3 is 6.09 Å². The van der Waals surface area contributed by atoms with Gasteiger partial charge in [0, 0.05) is 17.7 Å². The molecule has 0 aromatic carbocycles. The van der Waals surface area contributed by atoms with Crippen molar-refractivity contribution < 1.29 is 14.3 Å². The first-order valence-electron chi connectivity index (χ1n) is 7.27. The Kier molecular flexibility index (Phi) is 3.75. The molecule has 2 aromatic heterocycles. The predicted octanol–water partition coefficient (Wildman–Crippen LogP) is 2.71. The normalized spacial score (nSPS) is 20.3. The molecule has 7 nitrogen and oxygen atoms in total. The summed E-state index contributed by atoms with van der Waals surface area (Å²) in [7, 11) is 0. The third-order valence-corrected chi connectivity index (χ3v) is 3.79. The maximum absolute atomic E-state index is 12.7. The van der Waals surface area contributed by atoms with Crippen LogP contribution in [0, 0.1) is 5.92 Å². The summed E-state index contributed by atoms with van der Waals surface area (Å²) in [6.07, 6.45) is 2.08. The third-order valence-electron chi connectivity index (χ3n) is 3.60. The lowest BCUT2D eigenvalue weighted by molar-refractivity contribution is -0.109. The molecule has 1 aliphatic carbocycles. The summed E-state index contributed by atoms with van der Waals surface area (Å²) in [6.45, 7) is 5.63. The number of nitrogens with zero attached hydrogens (tertiary/aromatic N) is 4. The molecule has 0 spiro atoms. The van der Waals surface area contributed by atoms with Crippen molar-refractivity contribution in [2.45, 2.75) is 38.8 Å². The van der Waals surface area contributed by atoms with Crippen LogP contribution in [0.25, 0.3) is 5.65 Å². The predicted molar refractivity (Wildman–Crippen MR) is 84.7 cm³/mol. The van der Waals surface area contributed by atoms with Crippen molar-refractivity contribution in [3.63, 3.8) is 0 Å². The first-order valence-corrected chi connectivity index (χ1v) is 7.65. The molecule has 8 heteroatoms. The average molecular weight is 337 g/mol. The Labute approximate surface area is 138 Å². The van der Waals surface area contributed by atoms with Crippen LogP contribution >= 0.6 is 11.6 Å². The van der Waals surface area contributed by atoms with Crippen LogP contribution in [0.15, 0.2) is 18.3 Å². The summed E-state index contributed by atoms with van der Waals surface area (Å²) in [5, 5.41) is 4.45. The minimum absolute atomic E-state index is 0.202. The summed E-state index contributed by atoms with van der Waals surface area (Å²) >= 11 is 6.07. The second-order valence-electron chi connectivity index (χ2n) is 6.50. The van der Waals surface area contributed by atoms with Gasteiger partial charge in [0.15, 0.2) is 5.65 Å². The molecule has 0 bridgehead atoms. The number of carbonyl (C=O) groups is 2. The number of carbonyl (C=O) groups excluding carboxylic acids is 2. The second-order valence-corrected chi connectivity index (χ2v) is 6.89. The van der Waals surface area contributed by atoms with Gasteiger partial charge in [0.2, 0.25) is 0 Å². The van der Waals surface area contributed by atoms with Gasteiger partial charge in [-0.15, -0.1) is 0 Å².